The molecule has 0 aliphatic carbocycles. The van der Waals surface area contributed by atoms with Crippen LogP contribution in [0.25, 0.3) is 0 Å². The molecule has 1 amide bonds. The van der Waals surface area contributed by atoms with E-state index < -0.39 is 0 Å². The van der Waals surface area contributed by atoms with Crippen LogP contribution in [0.15, 0.2) is 0 Å². The fraction of sp³-hybridized carbons (Fsp3) is 0.917. The van der Waals surface area contributed by atoms with Gasteiger partial charge in [0.1, 0.15) is 0 Å². The standard InChI is InChI=1S/C12H25ClN2O2/c1-14(2)8-5-9-15(10-11-17-3)12(16)6-4-7-13/h4-11H2,1-3H3. The summed E-state index contributed by atoms with van der Waals surface area (Å²) < 4.78 is 5.02. The maximum absolute atomic E-state index is 11.9. The minimum Gasteiger partial charge on any atom is -0.383 e. The number of methoxy groups -OCH3 is 1. The summed E-state index contributed by atoms with van der Waals surface area (Å²) in [5.41, 5.74) is 0. The van der Waals surface area contributed by atoms with Crippen molar-refractivity contribution in [1.29, 1.82) is 0 Å². The quantitative estimate of drug-likeness (QED) is 0.560. The molecule has 0 heterocycles. The summed E-state index contributed by atoms with van der Waals surface area (Å²) >= 11 is 5.60. The second-order valence-electron chi connectivity index (χ2n) is 4.32. The van der Waals surface area contributed by atoms with Gasteiger partial charge in [-0.05, 0) is 33.5 Å². The fourth-order valence-corrected chi connectivity index (χ4v) is 1.65. The molecule has 0 atom stereocenters. The van der Waals surface area contributed by atoms with E-state index in [2.05, 4.69) is 4.90 Å². The number of nitrogens with zero attached hydrogens (tertiary/aromatic N) is 2. The van der Waals surface area contributed by atoms with E-state index in [9.17, 15) is 4.79 Å². The summed E-state index contributed by atoms with van der Waals surface area (Å²) in [4.78, 5) is 15.9. The maximum Gasteiger partial charge on any atom is 0.222 e. The predicted molar refractivity (Wildman–Crippen MR) is 71.6 cm³/mol. The van der Waals surface area contributed by atoms with Crippen LogP contribution in [0.2, 0.25) is 0 Å². The van der Waals surface area contributed by atoms with Crippen LogP contribution in [-0.2, 0) is 9.53 Å². The molecule has 0 aromatic heterocycles. The molecule has 0 aromatic rings. The van der Waals surface area contributed by atoms with Gasteiger partial charge < -0.3 is 14.5 Å². The Balaban J connectivity index is 3.98. The molecule has 0 aliphatic heterocycles. The second kappa shape index (κ2) is 10.8. The van der Waals surface area contributed by atoms with Crippen LogP contribution in [0.3, 0.4) is 0 Å². The lowest BCUT2D eigenvalue weighted by Crippen LogP contribution is -2.35. The van der Waals surface area contributed by atoms with Crippen LogP contribution in [-0.4, -0.2) is 69.0 Å². The van der Waals surface area contributed by atoms with E-state index >= 15 is 0 Å². The Morgan fingerprint density at radius 2 is 1.88 bits per heavy atom. The Morgan fingerprint density at radius 3 is 2.41 bits per heavy atom. The number of amides is 1. The molecular weight excluding hydrogens is 240 g/mol. The van der Waals surface area contributed by atoms with Gasteiger partial charge in [0, 0.05) is 32.5 Å². The van der Waals surface area contributed by atoms with Crippen LogP contribution >= 0.6 is 11.6 Å². The van der Waals surface area contributed by atoms with Gasteiger partial charge in [-0.3, -0.25) is 4.79 Å². The molecule has 4 nitrogen and oxygen atoms in total. The first kappa shape index (κ1) is 16.7. The second-order valence-corrected chi connectivity index (χ2v) is 4.70. The summed E-state index contributed by atoms with van der Waals surface area (Å²) in [6.45, 7) is 3.05. The third-order valence-corrected chi connectivity index (χ3v) is 2.74. The van der Waals surface area contributed by atoms with Crippen LogP contribution in [0.5, 0.6) is 0 Å². The Hall–Kier alpha value is -0.320. The van der Waals surface area contributed by atoms with Crippen molar-refractivity contribution in [2.45, 2.75) is 19.3 Å². The van der Waals surface area contributed by atoms with E-state index in [-0.39, 0.29) is 5.91 Å². The highest BCUT2D eigenvalue weighted by molar-refractivity contribution is 6.17. The SMILES string of the molecule is COCCN(CCCN(C)C)C(=O)CCCCl. The van der Waals surface area contributed by atoms with Crippen LogP contribution in [0.4, 0.5) is 0 Å². The zero-order valence-corrected chi connectivity index (χ0v) is 12.0. The first-order valence-corrected chi connectivity index (χ1v) is 6.62. The fourth-order valence-electron chi connectivity index (χ4n) is 1.52. The van der Waals surface area contributed by atoms with Crippen LogP contribution in [0.1, 0.15) is 19.3 Å². The van der Waals surface area contributed by atoms with Crippen molar-refractivity contribution in [2.75, 3.05) is 53.3 Å². The van der Waals surface area contributed by atoms with E-state index in [0.717, 1.165) is 25.9 Å². The molecule has 102 valence electrons. The highest BCUT2D eigenvalue weighted by Gasteiger charge is 2.12. The summed E-state index contributed by atoms with van der Waals surface area (Å²) in [5, 5.41) is 0. The molecule has 0 spiro atoms. The Labute approximate surface area is 110 Å². The summed E-state index contributed by atoms with van der Waals surface area (Å²) in [6, 6.07) is 0. The van der Waals surface area contributed by atoms with E-state index in [1.54, 1.807) is 7.11 Å². The highest BCUT2D eigenvalue weighted by Crippen LogP contribution is 2.01. The van der Waals surface area contributed by atoms with Crippen molar-refractivity contribution in [3.05, 3.63) is 0 Å². The molecule has 17 heavy (non-hydrogen) atoms. The first-order valence-electron chi connectivity index (χ1n) is 6.09. The number of halogens is 1. The monoisotopic (exact) mass is 264 g/mol. The van der Waals surface area contributed by atoms with Gasteiger partial charge in [-0.1, -0.05) is 0 Å². The molecule has 0 fully saturated rings. The molecule has 0 aliphatic rings. The first-order chi connectivity index (χ1) is 8.11. The molecule has 0 saturated heterocycles. The van der Waals surface area contributed by atoms with Gasteiger partial charge in [-0.15, -0.1) is 11.6 Å². The lowest BCUT2D eigenvalue weighted by Gasteiger charge is -2.23. The Kier molecular flexibility index (Phi) is 10.6. The van der Waals surface area contributed by atoms with Gasteiger partial charge >= 0.3 is 0 Å². The number of hydrogen-bond acceptors (Lipinski definition) is 3. The van der Waals surface area contributed by atoms with E-state index in [4.69, 9.17) is 16.3 Å². The van der Waals surface area contributed by atoms with E-state index in [1.807, 2.05) is 19.0 Å². The average Bonchev–Trinajstić information content (AvgIpc) is 2.30. The zero-order valence-electron chi connectivity index (χ0n) is 11.2. The zero-order chi connectivity index (χ0) is 13.1. The largest absolute Gasteiger partial charge is 0.383 e. The van der Waals surface area contributed by atoms with Gasteiger partial charge in [-0.25, -0.2) is 0 Å². The van der Waals surface area contributed by atoms with Crippen molar-refractivity contribution < 1.29 is 9.53 Å². The Morgan fingerprint density at radius 1 is 1.18 bits per heavy atom. The average molecular weight is 265 g/mol. The maximum atomic E-state index is 11.9. The van der Waals surface area contributed by atoms with Gasteiger partial charge in [0.05, 0.1) is 6.61 Å². The van der Waals surface area contributed by atoms with Crippen LogP contribution < -0.4 is 0 Å². The Bertz CT molecular complexity index is 201. The predicted octanol–water partition coefficient (Wildman–Crippen LogP) is 1.43. The number of carbonyl (C=O) groups is 1. The van der Waals surface area contributed by atoms with Crippen molar-refractivity contribution in [2.24, 2.45) is 0 Å². The molecule has 0 aromatic carbocycles. The normalized spacial score (nSPS) is 10.9. The lowest BCUT2D eigenvalue weighted by molar-refractivity contribution is -0.132. The molecule has 0 saturated carbocycles. The van der Waals surface area contributed by atoms with E-state index in [1.165, 1.54) is 0 Å². The molecule has 0 radical (unpaired) electrons. The summed E-state index contributed by atoms with van der Waals surface area (Å²) in [7, 11) is 5.73. The number of rotatable bonds is 10. The summed E-state index contributed by atoms with van der Waals surface area (Å²) in [5.74, 6) is 0.725. The topological polar surface area (TPSA) is 32.8 Å². The highest BCUT2D eigenvalue weighted by atomic mass is 35.5. The number of alkyl halides is 1. The lowest BCUT2D eigenvalue weighted by atomic mass is 10.2. The smallest absolute Gasteiger partial charge is 0.222 e. The summed E-state index contributed by atoms with van der Waals surface area (Å²) in [6.07, 6.45) is 2.27. The van der Waals surface area contributed by atoms with Crippen molar-refractivity contribution in [3.8, 4) is 0 Å². The number of hydrogen-bond donors (Lipinski definition) is 0. The molecule has 0 rings (SSSR count). The van der Waals surface area contributed by atoms with Gasteiger partial charge in [0.25, 0.3) is 0 Å². The molecule has 5 heteroatoms. The molecule has 0 bridgehead atoms. The third kappa shape index (κ3) is 9.39. The van der Waals surface area contributed by atoms with Crippen molar-refractivity contribution in [3.63, 3.8) is 0 Å². The van der Waals surface area contributed by atoms with Crippen molar-refractivity contribution in [1.82, 2.24) is 9.80 Å². The van der Waals surface area contributed by atoms with Gasteiger partial charge in [0.15, 0.2) is 0 Å². The molecule has 0 N–H and O–H groups in total. The van der Waals surface area contributed by atoms with Crippen LogP contribution in [0, 0.1) is 0 Å². The number of carbonyl (C=O) groups excluding carboxylic acids is 1. The third-order valence-electron chi connectivity index (χ3n) is 2.48. The van der Waals surface area contributed by atoms with E-state index in [0.29, 0.717) is 25.5 Å². The minimum absolute atomic E-state index is 0.182. The number of ether oxygens (including phenoxy) is 1. The van der Waals surface area contributed by atoms with Gasteiger partial charge in [-0.2, -0.15) is 0 Å². The molecule has 0 unspecified atom stereocenters. The molecular formula is C12H25ClN2O2. The minimum atomic E-state index is 0.182. The van der Waals surface area contributed by atoms with Gasteiger partial charge in [0.2, 0.25) is 5.91 Å². The van der Waals surface area contributed by atoms with Crippen molar-refractivity contribution >= 4 is 17.5 Å².